The maximum absolute atomic E-state index is 11.9. The van der Waals surface area contributed by atoms with Crippen molar-refractivity contribution in [2.75, 3.05) is 19.0 Å². The Labute approximate surface area is 202 Å². The standard InChI is InChI=1S/C27H23ClN2O4/c1-32-25-15-19(16-29-34-18-26(31)30-22-11-3-2-4-12-22)14-24(28)27(25)33-17-21-10-7-9-20-8-5-6-13-23(20)21/h2-16H,17-18H2,1H3,(H,30,31)/b29-16+. The minimum Gasteiger partial charge on any atom is -0.493 e. The number of halogens is 1. The average Bonchev–Trinajstić information content (AvgIpc) is 2.86. The molecule has 172 valence electrons. The van der Waals surface area contributed by atoms with Crippen LogP contribution in [0.15, 0.2) is 90.1 Å². The fourth-order valence-electron chi connectivity index (χ4n) is 3.44. The summed E-state index contributed by atoms with van der Waals surface area (Å²) in [5.74, 6) is 0.601. The third-order valence-electron chi connectivity index (χ3n) is 5.03. The first-order valence-electron chi connectivity index (χ1n) is 10.6. The van der Waals surface area contributed by atoms with Gasteiger partial charge in [-0.3, -0.25) is 4.79 Å². The van der Waals surface area contributed by atoms with Crippen molar-refractivity contribution < 1.29 is 19.1 Å². The summed E-state index contributed by atoms with van der Waals surface area (Å²) < 4.78 is 11.5. The van der Waals surface area contributed by atoms with Crippen LogP contribution in [0.25, 0.3) is 10.8 Å². The van der Waals surface area contributed by atoms with Crippen molar-refractivity contribution in [1.82, 2.24) is 0 Å². The molecule has 0 atom stereocenters. The second kappa shape index (κ2) is 11.2. The Morgan fingerprint density at radius 1 is 1.00 bits per heavy atom. The molecule has 0 aliphatic carbocycles. The summed E-state index contributed by atoms with van der Waals surface area (Å²) in [6.07, 6.45) is 1.46. The molecule has 0 saturated carbocycles. The van der Waals surface area contributed by atoms with Crippen LogP contribution in [0.2, 0.25) is 5.02 Å². The zero-order chi connectivity index (χ0) is 23.8. The molecular formula is C27H23ClN2O4. The van der Waals surface area contributed by atoms with Gasteiger partial charge in [-0.25, -0.2) is 0 Å². The van der Waals surface area contributed by atoms with Crippen molar-refractivity contribution in [3.63, 3.8) is 0 Å². The molecule has 7 heteroatoms. The highest BCUT2D eigenvalue weighted by atomic mass is 35.5. The van der Waals surface area contributed by atoms with Crippen LogP contribution in [0.5, 0.6) is 11.5 Å². The molecule has 0 fully saturated rings. The molecule has 0 bridgehead atoms. The number of amides is 1. The lowest BCUT2D eigenvalue weighted by Crippen LogP contribution is -2.16. The summed E-state index contributed by atoms with van der Waals surface area (Å²) >= 11 is 6.48. The van der Waals surface area contributed by atoms with E-state index < -0.39 is 0 Å². The van der Waals surface area contributed by atoms with E-state index in [0.29, 0.717) is 34.4 Å². The van der Waals surface area contributed by atoms with Gasteiger partial charge in [0.1, 0.15) is 6.61 Å². The first-order valence-corrected chi connectivity index (χ1v) is 11.0. The van der Waals surface area contributed by atoms with Crippen LogP contribution >= 0.6 is 11.6 Å². The topological polar surface area (TPSA) is 69.2 Å². The predicted octanol–water partition coefficient (Wildman–Crippen LogP) is 6.07. The highest BCUT2D eigenvalue weighted by Gasteiger charge is 2.13. The van der Waals surface area contributed by atoms with E-state index in [1.807, 2.05) is 42.5 Å². The Hall–Kier alpha value is -4.03. The minimum atomic E-state index is -0.309. The molecule has 0 heterocycles. The van der Waals surface area contributed by atoms with Gasteiger partial charge in [-0.2, -0.15) is 0 Å². The second-order valence-corrected chi connectivity index (χ2v) is 7.79. The highest BCUT2D eigenvalue weighted by molar-refractivity contribution is 6.32. The largest absolute Gasteiger partial charge is 0.493 e. The lowest BCUT2D eigenvalue weighted by Gasteiger charge is -2.14. The van der Waals surface area contributed by atoms with Gasteiger partial charge >= 0.3 is 0 Å². The Morgan fingerprint density at radius 3 is 2.59 bits per heavy atom. The lowest BCUT2D eigenvalue weighted by atomic mass is 10.1. The van der Waals surface area contributed by atoms with Crippen molar-refractivity contribution in [2.24, 2.45) is 5.16 Å². The molecule has 4 aromatic rings. The normalized spacial score (nSPS) is 10.9. The first kappa shape index (κ1) is 23.1. The maximum Gasteiger partial charge on any atom is 0.265 e. The summed E-state index contributed by atoms with van der Waals surface area (Å²) in [5, 5.41) is 9.22. The van der Waals surface area contributed by atoms with E-state index >= 15 is 0 Å². The molecule has 0 aromatic heterocycles. The minimum absolute atomic E-state index is 0.220. The van der Waals surface area contributed by atoms with E-state index in [-0.39, 0.29) is 12.5 Å². The van der Waals surface area contributed by atoms with Crippen LogP contribution < -0.4 is 14.8 Å². The molecule has 0 spiro atoms. The number of nitrogens with zero attached hydrogens (tertiary/aromatic N) is 1. The number of hydrogen-bond donors (Lipinski definition) is 1. The molecule has 1 N–H and O–H groups in total. The highest BCUT2D eigenvalue weighted by Crippen LogP contribution is 2.37. The fraction of sp³-hybridized carbons (Fsp3) is 0.111. The van der Waals surface area contributed by atoms with Gasteiger partial charge in [-0.15, -0.1) is 0 Å². The molecule has 6 nitrogen and oxygen atoms in total. The number of anilines is 1. The van der Waals surface area contributed by atoms with E-state index in [1.165, 1.54) is 6.21 Å². The summed E-state index contributed by atoms with van der Waals surface area (Å²) in [6, 6.07) is 26.8. The quantitative estimate of drug-likeness (QED) is 0.236. The van der Waals surface area contributed by atoms with E-state index in [2.05, 4.69) is 28.7 Å². The number of fused-ring (bicyclic) bond motifs is 1. The van der Waals surface area contributed by atoms with Gasteiger partial charge in [0.2, 0.25) is 0 Å². The summed E-state index contributed by atoms with van der Waals surface area (Å²) in [5.41, 5.74) is 2.38. The van der Waals surface area contributed by atoms with Gasteiger partial charge in [0, 0.05) is 11.3 Å². The molecule has 0 aliphatic rings. The first-order chi connectivity index (χ1) is 16.6. The number of ether oxygens (including phenoxy) is 2. The maximum atomic E-state index is 11.9. The number of carbonyl (C=O) groups excluding carboxylic acids is 1. The van der Waals surface area contributed by atoms with Gasteiger partial charge in [-0.05, 0) is 40.6 Å². The monoisotopic (exact) mass is 474 g/mol. The lowest BCUT2D eigenvalue weighted by molar-refractivity contribution is -0.120. The molecule has 0 saturated heterocycles. The number of rotatable bonds is 9. The smallest absolute Gasteiger partial charge is 0.265 e. The van der Waals surface area contributed by atoms with Crippen LogP contribution in [0.3, 0.4) is 0 Å². The molecular weight excluding hydrogens is 452 g/mol. The van der Waals surface area contributed by atoms with Crippen molar-refractivity contribution >= 4 is 40.2 Å². The van der Waals surface area contributed by atoms with E-state index in [0.717, 1.165) is 16.3 Å². The Kier molecular flexibility index (Phi) is 7.63. The molecule has 34 heavy (non-hydrogen) atoms. The predicted molar refractivity (Wildman–Crippen MR) is 135 cm³/mol. The third-order valence-corrected chi connectivity index (χ3v) is 5.31. The number of para-hydroxylation sites is 1. The number of hydrogen-bond acceptors (Lipinski definition) is 5. The van der Waals surface area contributed by atoms with Gasteiger partial charge in [0.25, 0.3) is 5.91 Å². The summed E-state index contributed by atoms with van der Waals surface area (Å²) in [4.78, 5) is 17.0. The third kappa shape index (κ3) is 5.85. The Balaban J connectivity index is 1.39. The zero-order valence-corrected chi connectivity index (χ0v) is 19.3. The van der Waals surface area contributed by atoms with Crippen molar-refractivity contribution in [3.8, 4) is 11.5 Å². The van der Waals surface area contributed by atoms with E-state index in [4.69, 9.17) is 25.9 Å². The molecule has 1 amide bonds. The van der Waals surface area contributed by atoms with Crippen molar-refractivity contribution in [2.45, 2.75) is 6.61 Å². The van der Waals surface area contributed by atoms with Crippen LogP contribution in [-0.2, 0) is 16.2 Å². The Bertz CT molecular complexity index is 1300. The number of carbonyl (C=O) groups is 1. The Morgan fingerprint density at radius 2 is 1.76 bits per heavy atom. The molecule has 0 unspecified atom stereocenters. The van der Waals surface area contributed by atoms with Gasteiger partial charge < -0.3 is 19.6 Å². The molecule has 0 aliphatic heterocycles. The van der Waals surface area contributed by atoms with Gasteiger partial charge in [0.05, 0.1) is 18.3 Å². The van der Waals surface area contributed by atoms with E-state index in [9.17, 15) is 4.79 Å². The van der Waals surface area contributed by atoms with Crippen LogP contribution in [0.1, 0.15) is 11.1 Å². The average molecular weight is 475 g/mol. The van der Waals surface area contributed by atoms with Crippen LogP contribution in [0, 0.1) is 0 Å². The molecule has 4 rings (SSSR count). The SMILES string of the molecule is COc1cc(/C=N/OCC(=O)Nc2ccccc2)cc(Cl)c1OCc1cccc2ccccc12. The van der Waals surface area contributed by atoms with Crippen LogP contribution in [0.4, 0.5) is 5.69 Å². The number of methoxy groups -OCH3 is 1. The fourth-order valence-corrected chi connectivity index (χ4v) is 3.71. The van der Waals surface area contributed by atoms with E-state index in [1.54, 1.807) is 31.4 Å². The second-order valence-electron chi connectivity index (χ2n) is 7.38. The molecule has 0 radical (unpaired) electrons. The van der Waals surface area contributed by atoms with Gasteiger partial charge in [0.15, 0.2) is 18.1 Å². The van der Waals surface area contributed by atoms with Crippen LogP contribution in [-0.4, -0.2) is 25.8 Å². The summed E-state index contributed by atoms with van der Waals surface area (Å²) in [7, 11) is 1.54. The number of benzene rings is 4. The zero-order valence-electron chi connectivity index (χ0n) is 18.5. The van der Waals surface area contributed by atoms with Crippen molar-refractivity contribution in [3.05, 3.63) is 101 Å². The van der Waals surface area contributed by atoms with Crippen molar-refractivity contribution in [1.29, 1.82) is 0 Å². The molecule has 4 aromatic carbocycles. The number of nitrogens with one attached hydrogen (secondary N) is 1. The van der Waals surface area contributed by atoms with Gasteiger partial charge in [-0.1, -0.05) is 77.4 Å². The summed E-state index contributed by atoms with van der Waals surface area (Å²) in [6.45, 7) is 0.118. The number of oxime groups is 1.